The zero-order valence-electron chi connectivity index (χ0n) is 7.90. The maximum Gasteiger partial charge on any atom is 0.215 e. The van der Waals surface area contributed by atoms with Crippen LogP contribution in [0.25, 0.3) is 0 Å². The quantitative estimate of drug-likeness (QED) is 0.755. The molecule has 0 fully saturated rings. The van der Waals surface area contributed by atoms with E-state index in [9.17, 15) is 8.42 Å². The largest absolute Gasteiger partial charge is 0.392 e. The first-order chi connectivity index (χ1) is 6.57. The van der Waals surface area contributed by atoms with Gasteiger partial charge in [0, 0.05) is 0 Å². The van der Waals surface area contributed by atoms with Crippen LogP contribution in [0, 0.1) is 0 Å². The number of nitrogens with one attached hydrogen (secondary N) is 1. The molecule has 0 bridgehead atoms. The van der Waals surface area contributed by atoms with E-state index in [1.165, 1.54) is 7.05 Å². The second-order valence-corrected chi connectivity index (χ2v) is 4.87. The molecule has 4 nitrogen and oxygen atoms in total. The summed E-state index contributed by atoms with van der Waals surface area (Å²) in [6.45, 7) is -0.0760. The molecule has 0 heterocycles. The fourth-order valence-electron chi connectivity index (χ4n) is 1.11. The van der Waals surface area contributed by atoms with Crippen molar-refractivity contribution < 1.29 is 13.5 Å². The van der Waals surface area contributed by atoms with Gasteiger partial charge in [0.2, 0.25) is 10.0 Å². The van der Waals surface area contributed by atoms with Gasteiger partial charge in [-0.2, -0.15) is 0 Å². The Morgan fingerprint density at radius 2 is 2.00 bits per heavy atom. The minimum absolute atomic E-state index is 0.0582. The Morgan fingerprint density at radius 1 is 1.36 bits per heavy atom. The van der Waals surface area contributed by atoms with Crippen LogP contribution < -0.4 is 4.72 Å². The minimum Gasteiger partial charge on any atom is -0.392 e. The van der Waals surface area contributed by atoms with Gasteiger partial charge in [-0.1, -0.05) is 24.3 Å². The van der Waals surface area contributed by atoms with Crippen LogP contribution in [0.2, 0.25) is 0 Å². The summed E-state index contributed by atoms with van der Waals surface area (Å²) in [5.74, 6) is -0.0582. The maximum atomic E-state index is 11.2. The third-order valence-electron chi connectivity index (χ3n) is 1.84. The van der Waals surface area contributed by atoms with E-state index < -0.39 is 10.0 Å². The van der Waals surface area contributed by atoms with Crippen molar-refractivity contribution in [1.29, 1.82) is 0 Å². The van der Waals surface area contributed by atoms with Gasteiger partial charge in [-0.25, -0.2) is 13.1 Å². The molecule has 2 N–H and O–H groups in total. The minimum atomic E-state index is -3.23. The molecule has 0 saturated heterocycles. The highest BCUT2D eigenvalue weighted by atomic mass is 32.2. The van der Waals surface area contributed by atoms with Crippen molar-refractivity contribution in [2.24, 2.45) is 0 Å². The Hall–Kier alpha value is -0.910. The molecule has 1 aromatic carbocycles. The average molecular weight is 215 g/mol. The van der Waals surface area contributed by atoms with Gasteiger partial charge in [0.15, 0.2) is 0 Å². The van der Waals surface area contributed by atoms with Crippen LogP contribution in [0.3, 0.4) is 0 Å². The van der Waals surface area contributed by atoms with Gasteiger partial charge in [-0.15, -0.1) is 0 Å². The van der Waals surface area contributed by atoms with E-state index >= 15 is 0 Å². The molecule has 1 aromatic rings. The number of hydrogen-bond acceptors (Lipinski definition) is 3. The predicted octanol–water partition coefficient (Wildman–Crippen LogP) is 0.228. The average Bonchev–Trinajstić information content (AvgIpc) is 2.17. The molecule has 0 spiro atoms. The van der Waals surface area contributed by atoms with Gasteiger partial charge in [0.25, 0.3) is 0 Å². The Kier molecular flexibility index (Phi) is 3.62. The van der Waals surface area contributed by atoms with Crippen molar-refractivity contribution in [3.05, 3.63) is 35.4 Å². The molecule has 0 saturated carbocycles. The number of rotatable bonds is 4. The molecule has 0 aliphatic rings. The molecule has 14 heavy (non-hydrogen) atoms. The van der Waals surface area contributed by atoms with Crippen LogP contribution in [-0.2, 0) is 22.4 Å². The summed E-state index contributed by atoms with van der Waals surface area (Å²) in [6.07, 6.45) is 0. The summed E-state index contributed by atoms with van der Waals surface area (Å²) in [5, 5.41) is 8.85. The Bertz CT molecular complexity index is 400. The second kappa shape index (κ2) is 4.54. The molecule has 0 aromatic heterocycles. The van der Waals surface area contributed by atoms with E-state index in [1.807, 2.05) is 0 Å². The number of aliphatic hydroxyl groups is 1. The summed E-state index contributed by atoms with van der Waals surface area (Å²) < 4.78 is 24.6. The van der Waals surface area contributed by atoms with E-state index in [0.717, 1.165) is 0 Å². The van der Waals surface area contributed by atoms with E-state index in [2.05, 4.69) is 4.72 Å². The number of sulfonamides is 1. The van der Waals surface area contributed by atoms with Gasteiger partial charge in [0.05, 0.1) is 12.4 Å². The van der Waals surface area contributed by atoms with E-state index in [0.29, 0.717) is 11.1 Å². The van der Waals surface area contributed by atoms with E-state index in [4.69, 9.17) is 5.11 Å². The highest BCUT2D eigenvalue weighted by Crippen LogP contribution is 2.08. The first-order valence-electron chi connectivity index (χ1n) is 4.17. The van der Waals surface area contributed by atoms with Gasteiger partial charge in [0.1, 0.15) is 0 Å². The van der Waals surface area contributed by atoms with Crippen LogP contribution in [0.15, 0.2) is 24.3 Å². The molecule has 0 amide bonds. The SMILES string of the molecule is CNS(=O)(=O)Cc1cccc(CO)c1. The van der Waals surface area contributed by atoms with Crippen molar-refractivity contribution in [3.63, 3.8) is 0 Å². The first kappa shape index (κ1) is 11.2. The summed E-state index contributed by atoms with van der Waals surface area (Å²) in [4.78, 5) is 0. The van der Waals surface area contributed by atoms with Crippen LogP contribution in [0.1, 0.15) is 11.1 Å². The predicted molar refractivity (Wildman–Crippen MR) is 54.0 cm³/mol. The molecule has 0 unspecified atom stereocenters. The second-order valence-electron chi connectivity index (χ2n) is 2.94. The molecule has 5 heteroatoms. The number of hydrogen-bond donors (Lipinski definition) is 2. The Labute approximate surface area is 83.6 Å². The zero-order chi connectivity index (χ0) is 10.6. The van der Waals surface area contributed by atoms with Crippen molar-refractivity contribution in [2.45, 2.75) is 12.4 Å². The van der Waals surface area contributed by atoms with E-state index in [1.54, 1.807) is 24.3 Å². The molecule has 0 atom stereocenters. The number of aliphatic hydroxyl groups excluding tert-OH is 1. The highest BCUT2D eigenvalue weighted by molar-refractivity contribution is 7.88. The van der Waals surface area contributed by atoms with Crippen LogP contribution in [-0.4, -0.2) is 20.6 Å². The van der Waals surface area contributed by atoms with Gasteiger partial charge < -0.3 is 5.11 Å². The molecule has 0 radical (unpaired) electrons. The lowest BCUT2D eigenvalue weighted by molar-refractivity contribution is 0.282. The third kappa shape index (κ3) is 3.10. The van der Waals surface area contributed by atoms with Crippen molar-refractivity contribution in [3.8, 4) is 0 Å². The standard InChI is InChI=1S/C9H13NO3S/c1-10-14(12,13)7-9-4-2-3-8(5-9)6-11/h2-5,10-11H,6-7H2,1H3. The van der Waals surface area contributed by atoms with E-state index in [-0.39, 0.29) is 12.4 Å². The summed E-state index contributed by atoms with van der Waals surface area (Å²) >= 11 is 0. The summed E-state index contributed by atoms with van der Waals surface area (Å²) in [5.41, 5.74) is 1.39. The number of benzene rings is 1. The molecular weight excluding hydrogens is 202 g/mol. The van der Waals surface area contributed by atoms with Crippen LogP contribution in [0.4, 0.5) is 0 Å². The molecular formula is C9H13NO3S. The van der Waals surface area contributed by atoms with Gasteiger partial charge in [-0.05, 0) is 18.2 Å². The Balaban J connectivity index is 2.87. The highest BCUT2D eigenvalue weighted by Gasteiger charge is 2.08. The summed E-state index contributed by atoms with van der Waals surface area (Å²) in [6, 6.07) is 6.87. The fourth-order valence-corrected chi connectivity index (χ4v) is 1.87. The topological polar surface area (TPSA) is 66.4 Å². The lowest BCUT2D eigenvalue weighted by Gasteiger charge is -2.03. The molecule has 1 rings (SSSR count). The lowest BCUT2D eigenvalue weighted by Crippen LogP contribution is -2.20. The van der Waals surface area contributed by atoms with Gasteiger partial charge >= 0.3 is 0 Å². The van der Waals surface area contributed by atoms with Crippen molar-refractivity contribution in [1.82, 2.24) is 4.72 Å². The Morgan fingerprint density at radius 3 is 2.57 bits per heavy atom. The normalized spacial score (nSPS) is 11.6. The van der Waals surface area contributed by atoms with Crippen molar-refractivity contribution in [2.75, 3.05) is 7.05 Å². The third-order valence-corrected chi connectivity index (χ3v) is 3.18. The zero-order valence-corrected chi connectivity index (χ0v) is 8.71. The fraction of sp³-hybridized carbons (Fsp3) is 0.333. The molecule has 78 valence electrons. The maximum absolute atomic E-state index is 11.2. The lowest BCUT2D eigenvalue weighted by atomic mass is 10.1. The van der Waals surface area contributed by atoms with Crippen LogP contribution >= 0.6 is 0 Å². The van der Waals surface area contributed by atoms with Crippen molar-refractivity contribution >= 4 is 10.0 Å². The monoisotopic (exact) mass is 215 g/mol. The smallest absolute Gasteiger partial charge is 0.215 e. The summed E-state index contributed by atoms with van der Waals surface area (Å²) in [7, 11) is -1.85. The van der Waals surface area contributed by atoms with Gasteiger partial charge in [-0.3, -0.25) is 0 Å². The first-order valence-corrected chi connectivity index (χ1v) is 5.82. The van der Waals surface area contributed by atoms with Crippen LogP contribution in [0.5, 0.6) is 0 Å². The molecule has 0 aliphatic carbocycles. The molecule has 0 aliphatic heterocycles.